The first-order chi connectivity index (χ1) is 13.5. The average molecular weight is 376 g/mol. The molecule has 0 bridgehead atoms. The number of carbonyl (C=O) groups is 1. The maximum absolute atomic E-state index is 13.5. The van der Waals surface area contributed by atoms with Gasteiger partial charge in [-0.3, -0.25) is 15.1 Å². The molecule has 1 heterocycles. The van der Waals surface area contributed by atoms with E-state index in [2.05, 4.69) is 20.6 Å². The molecule has 2 N–H and O–H groups in total. The Bertz CT molecular complexity index is 1000. The van der Waals surface area contributed by atoms with Gasteiger partial charge in [0, 0.05) is 23.6 Å². The quantitative estimate of drug-likeness (QED) is 0.529. The molecule has 1 aromatic heterocycles. The number of halogens is 1. The number of amides is 1. The lowest BCUT2D eigenvalue weighted by molar-refractivity contribution is 0.0977. The Kier molecular flexibility index (Phi) is 6.11. The van der Waals surface area contributed by atoms with Crippen molar-refractivity contribution in [3.63, 3.8) is 0 Å². The smallest absolute Gasteiger partial charge is 0.257 e. The number of hydrogen-bond acceptors (Lipinski definition) is 3. The number of hydrogen-bond donors (Lipinski definition) is 2. The Morgan fingerprint density at radius 1 is 1.04 bits per heavy atom. The minimum absolute atomic E-state index is 0.241. The summed E-state index contributed by atoms with van der Waals surface area (Å²) in [5, 5.41) is 5.76. The van der Waals surface area contributed by atoms with E-state index in [4.69, 9.17) is 0 Å². The van der Waals surface area contributed by atoms with Crippen molar-refractivity contribution in [1.82, 2.24) is 10.3 Å². The van der Waals surface area contributed by atoms with Gasteiger partial charge in [0.1, 0.15) is 5.82 Å². The molecule has 2 aromatic carbocycles. The van der Waals surface area contributed by atoms with E-state index >= 15 is 0 Å². The Labute approximate surface area is 163 Å². The molecule has 0 aliphatic carbocycles. The topological polar surface area (TPSA) is 66.4 Å². The largest absolute Gasteiger partial charge is 0.326 e. The number of nitrogens with one attached hydrogen (secondary N) is 2. The highest BCUT2D eigenvalue weighted by molar-refractivity contribution is 6.10. The predicted octanol–water partition coefficient (Wildman–Crippen LogP) is 4.24. The van der Waals surface area contributed by atoms with Crippen LogP contribution in [0, 0.1) is 19.7 Å². The molecule has 0 unspecified atom stereocenters. The van der Waals surface area contributed by atoms with Crippen molar-refractivity contribution in [3.8, 4) is 0 Å². The van der Waals surface area contributed by atoms with Gasteiger partial charge in [-0.1, -0.05) is 12.1 Å². The van der Waals surface area contributed by atoms with Crippen LogP contribution in [0.25, 0.3) is 0 Å². The number of aryl methyl sites for hydroxylation is 2. The van der Waals surface area contributed by atoms with E-state index in [1.807, 2.05) is 38.1 Å². The SMILES string of the molecule is Cc1ccc(C(=O)NC(=NCc2ccncc2)Nc2cccc(F)c2)cc1C. The molecule has 142 valence electrons. The second-order valence-corrected chi connectivity index (χ2v) is 6.41. The van der Waals surface area contributed by atoms with Crippen molar-refractivity contribution >= 4 is 17.6 Å². The van der Waals surface area contributed by atoms with E-state index < -0.39 is 0 Å². The summed E-state index contributed by atoms with van der Waals surface area (Å²) < 4.78 is 13.5. The van der Waals surface area contributed by atoms with Crippen molar-refractivity contribution in [2.45, 2.75) is 20.4 Å². The molecule has 5 nitrogen and oxygen atoms in total. The number of carbonyl (C=O) groups excluding carboxylic acids is 1. The summed E-state index contributed by atoms with van der Waals surface area (Å²) in [5.41, 5.74) is 4.10. The zero-order valence-electron chi connectivity index (χ0n) is 15.7. The Morgan fingerprint density at radius 2 is 1.82 bits per heavy atom. The zero-order chi connectivity index (χ0) is 19.9. The molecule has 0 fully saturated rings. The number of nitrogens with zero attached hydrogens (tertiary/aromatic N) is 2. The third kappa shape index (κ3) is 5.23. The highest BCUT2D eigenvalue weighted by Gasteiger charge is 2.11. The fourth-order valence-corrected chi connectivity index (χ4v) is 2.53. The minimum atomic E-state index is -0.376. The van der Waals surface area contributed by atoms with E-state index in [0.717, 1.165) is 16.7 Å². The summed E-state index contributed by atoms with van der Waals surface area (Å²) in [6.45, 7) is 4.28. The monoisotopic (exact) mass is 376 g/mol. The minimum Gasteiger partial charge on any atom is -0.326 e. The third-order valence-electron chi connectivity index (χ3n) is 4.26. The van der Waals surface area contributed by atoms with Gasteiger partial charge in [-0.05, 0) is 73.0 Å². The Hall–Kier alpha value is -3.54. The van der Waals surface area contributed by atoms with Crippen LogP contribution in [0.15, 0.2) is 72.0 Å². The highest BCUT2D eigenvalue weighted by atomic mass is 19.1. The number of benzene rings is 2. The fraction of sp³-hybridized carbons (Fsp3) is 0.136. The van der Waals surface area contributed by atoms with E-state index in [1.54, 1.807) is 30.6 Å². The first-order valence-corrected chi connectivity index (χ1v) is 8.86. The summed E-state index contributed by atoms with van der Waals surface area (Å²) in [4.78, 5) is 21.1. The van der Waals surface area contributed by atoms with Gasteiger partial charge in [0.2, 0.25) is 5.96 Å². The molecule has 3 aromatic rings. The van der Waals surface area contributed by atoms with Gasteiger partial charge in [0.25, 0.3) is 5.91 Å². The molecule has 0 saturated carbocycles. The normalized spacial score (nSPS) is 11.2. The van der Waals surface area contributed by atoms with Gasteiger partial charge >= 0.3 is 0 Å². The van der Waals surface area contributed by atoms with Gasteiger partial charge < -0.3 is 5.32 Å². The Balaban J connectivity index is 1.82. The first kappa shape index (κ1) is 19.2. The van der Waals surface area contributed by atoms with Crippen LogP contribution in [-0.2, 0) is 6.54 Å². The van der Waals surface area contributed by atoms with Crippen molar-refractivity contribution in [2.24, 2.45) is 4.99 Å². The fourth-order valence-electron chi connectivity index (χ4n) is 2.53. The molecular weight excluding hydrogens is 355 g/mol. The molecule has 28 heavy (non-hydrogen) atoms. The van der Waals surface area contributed by atoms with E-state index in [9.17, 15) is 9.18 Å². The summed E-state index contributed by atoms with van der Waals surface area (Å²) in [5.74, 6) is -0.426. The van der Waals surface area contributed by atoms with Crippen LogP contribution in [0.3, 0.4) is 0 Å². The van der Waals surface area contributed by atoms with Crippen LogP contribution < -0.4 is 10.6 Å². The van der Waals surface area contributed by atoms with Crippen molar-refractivity contribution in [1.29, 1.82) is 0 Å². The predicted molar refractivity (Wildman–Crippen MR) is 109 cm³/mol. The van der Waals surface area contributed by atoms with E-state index in [-0.39, 0.29) is 17.7 Å². The third-order valence-corrected chi connectivity index (χ3v) is 4.26. The zero-order valence-corrected chi connectivity index (χ0v) is 15.7. The standard InChI is InChI=1S/C22H21FN4O/c1-15-6-7-18(12-16(15)2)21(28)27-22(25-14-17-8-10-24-11-9-17)26-20-5-3-4-19(23)13-20/h3-13H,14H2,1-2H3,(H2,25,26,27,28). The summed E-state index contributed by atoms with van der Waals surface area (Å²) in [6, 6.07) is 15.2. The molecule has 0 saturated heterocycles. The van der Waals surface area contributed by atoms with Crippen molar-refractivity contribution in [2.75, 3.05) is 5.32 Å². The molecule has 0 atom stereocenters. The van der Waals surface area contributed by atoms with E-state index in [0.29, 0.717) is 17.8 Å². The van der Waals surface area contributed by atoms with Crippen LogP contribution in [-0.4, -0.2) is 16.9 Å². The van der Waals surface area contributed by atoms with Crippen LogP contribution in [0.5, 0.6) is 0 Å². The first-order valence-electron chi connectivity index (χ1n) is 8.86. The van der Waals surface area contributed by atoms with Crippen molar-refractivity contribution < 1.29 is 9.18 Å². The molecule has 3 rings (SSSR count). The molecule has 6 heteroatoms. The molecule has 0 radical (unpaired) electrons. The number of aliphatic imine (C=N–C) groups is 1. The highest BCUT2D eigenvalue weighted by Crippen LogP contribution is 2.11. The number of pyridine rings is 1. The van der Waals surface area contributed by atoms with Gasteiger partial charge in [-0.2, -0.15) is 0 Å². The van der Waals surface area contributed by atoms with Crippen LogP contribution >= 0.6 is 0 Å². The molecule has 1 amide bonds. The second kappa shape index (κ2) is 8.90. The summed E-state index contributed by atoms with van der Waals surface area (Å²) >= 11 is 0. The lowest BCUT2D eigenvalue weighted by Crippen LogP contribution is -2.36. The average Bonchev–Trinajstić information content (AvgIpc) is 2.69. The number of anilines is 1. The molecule has 0 aliphatic rings. The van der Waals surface area contributed by atoms with Crippen molar-refractivity contribution in [3.05, 3.63) is 95.1 Å². The maximum atomic E-state index is 13.5. The lowest BCUT2D eigenvalue weighted by atomic mass is 10.1. The molecule has 0 aliphatic heterocycles. The van der Waals surface area contributed by atoms with Gasteiger partial charge in [-0.25, -0.2) is 9.38 Å². The number of guanidine groups is 1. The summed E-state index contributed by atoms with van der Waals surface area (Å²) in [6.07, 6.45) is 3.36. The van der Waals surface area contributed by atoms with Crippen LogP contribution in [0.1, 0.15) is 27.0 Å². The lowest BCUT2D eigenvalue weighted by Gasteiger charge is -2.13. The van der Waals surface area contributed by atoms with E-state index in [1.165, 1.54) is 12.1 Å². The van der Waals surface area contributed by atoms with Gasteiger partial charge in [0.15, 0.2) is 0 Å². The second-order valence-electron chi connectivity index (χ2n) is 6.41. The number of rotatable bonds is 4. The number of aromatic nitrogens is 1. The molecule has 0 spiro atoms. The molecular formula is C22H21FN4O. The summed E-state index contributed by atoms with van der Waals surface area (Å²) in [7, 11) is 0. The van der Waals surface area contributed by atoms with Crippen LogP contribution in [0.2, 0.25) is 0 Å². The van der Waals surface area contributed by atoms with Gasteiger partial charge in [-0.15, -0.1) is 0 Å². The van der Waals surface area contributed by atoms with Crippen LogP contribution in [0.4, 0.5) is 10.1 Å². The Morgan fingerprint density at radius 3 is 2.54 bits per heavy atom. The van der Waals surface area contributed by atoms with Gasteiger partial charge in [0.05, 0.1) is 6.54 Å². The maximum Gasteiger partial charge on any atom is 0.257 e.